The summed E-state index contributed by atoms with van der Waals surface area (Å²) < 4.78 is 0. The van der Waals surface area contributed by atoms with Crippen LogP contribution < -0.4 is 5.32 Å². The first-order chi connectivity index (χ1) is 8.06. The van der Waals surface area contributed by atoms with Crippen LogP contribution in [0.3, 0.4) is 0 Å². The highest BCUT2D eigenvalue weighted by molar-refractivity contribution is 6.28. The van der Waals surface area contributed by atoms with E-state index in [1.54, 1.807) is 11.0 Å². The van der Waals surface area contributed by atoms with E-state index in [1.165, 1.54) is 0 Å². The SMILES string of the molecule is CCN(CC)C(=O)CNc1cc(C)nc(Cl)n1. The molecule has 0 unspecified atom stereocenters. The van der Waals surface area contributed by atoms with Gasteiger partial charge in [0.2, 0.25) is 11.2 Å². The van der Waals surface area contributed by atoms with Crippen molar-refractivity contribution < 1.29 is 4.79 Å². The zero-order valence-corrected chi connectivity index (χ0v) is 11.1. The van der Waals surface area contributed by atoms with E-state index in [4.69, 9.17) is 11.6 Å². The summed E-state index contributed by atoms with van der Waals surface area (Å²) in [5.41, 5.74) is 0.766. The number of aryl methyl sites for hydroxylation is 1. The van der Waals surface area contributed by atoms with Crippen molar-refractivity contribution in [2.24, 2.45) is 0 Å². The summed E-state index contributed by atoms with van der Waals surface area (Å²) in [6.45, 7) is 7.36. The normalized spacial score (nSPS) is 10.1. The molecule has 0 radical (unpaired) electrons. The van der Waals surface area contributed by atoms with Gasteiger partial charge in [0.05, 0.1) is 6.54 Å². The Balaban J connectivity index is 2.58. The number of anilines is 1. The molecule has 0 aliphatic heterocycles. The molecule has 0 atom stereocenters. The fourth-order valence-corrected chi connectivity index (χ4v) is 1.70. The van der Waals surface area contributed by atoms with Crippen LogP contribution in [0.2, 0.25) is 5.28 Å². The lowest BCUT2D eigenvalue weighted by Gasteiger charge is -2.18. The van der Waals surface area contributed by atoms with Gasteiger partial charge >= 0.3 is 0 Å². The lowest BCUT2D eigenvalue weighted by atomic mass is 10.4. The van der Waals surface area contributed by atoms with Crippen molar-refractivity contribution in [3.05, 3.63) is 17.0 Å². The third-order valence-corrected chi connectivity index (χ3v) is 2.53. The highest BCUT2D eigenvalue weighted by atomic mass is 35.5. The largest absolute Gasteiger partial charge is 0.361 e. The number of aromatic nitrogens is 2. The molecule has 0 bridgehead atoms. The van der Waals surface area contributed by atoms with Gasteiger partial charge < -0.3 is 10.2 Å². The van der Waals surface area contributed by atoms with Crippen molar-refractivity contribution in [1.82, 2.24) is 14.9 Å². The molecule has 1 rings (SSSR count). The van der Waals surface area contributed by atoms with Crippen molar-refractivity contribution in [2.45, 2.75) is 20.8 Å². The van der Waals surface area contributed by atoms with Crippen molar-refractivity contribution in [1.29, 1.82) is 0 Å². The summed E-state index contributed by atoms with van der Waals surface area (Å²) in [6.07, 6.45) is 0. The van der Waals surface area contributed by atoms with Gasteiger partial charge in [0.15, 0.2) is 0 Å². The smallest absolute Gasteiger partial charge is 0.241 e. The van der Waals surface area contributed by atoms with Crippen LogP contribution in [0.5, 0.6) is 0 Å². The standard InChI is InChI=1S/C11H17ClN4O/c1-4-16(5-2)10(17)7-13-9-6-8(3)14-11(12)15-9/h6H,4-5,7H2,1-3H3,(H,13,14,15). The number of hydrogen-bond acceptors (Lipinski definition) is 4. The Morgan fingerprint density at radius 3 is 2.59 bits per heavy atom. The van der Waals surface area contributed by atoms with Crippen LogP contribution in [0.1, 0.15) is 19.5 Å². The molecule has 0 aliphatic carbocycles. The molecule has 6 heteroatoms. The fourth-order valence-electron chi connectivity index (χ4n) is 1.48. The Kier molecular flexibility index (Phi) is 5.15. The third kappa shape index (κ3) is 4.19. The number of nitrogens with one attached hydrogen (secondary N) is 1. The highest BCUT2D eigenvalue weighted by Gasteiger charge is 2.09. The van der Waals surface area contributed by atoms with Crippen molar-refractivity contribution in [3.8, 4) is 0 Å². The predicted octanol–water partition coefficient (Wildman–Crippen LogP) is 1.72. The summed E-state index contributed by atoms with van der Waals surface area (Å²) in [7, 11) is 0. The molecule has 17 heavy (non-hydrogen) atoms. The minimum Gasteiger partial charge on any atom is -0.361 e. The number of likely N-dealkylation sites (N-methyl/N-ethyl adjacent to an activating group) is 1. The van der Waals surface area contributed by atoms with E-state index < -0.39 is 0 Å². The molecule has 0 spiro atoms. The Morgan fingerprint density at radius 2 is 2.06 bits per heavy atom. The van der Waals surface area contributed by atoms with E-state index in [-0.39, 0.29) is 17.7 Å². The number of hydrogen-bond donors (Lipinski definition) is 1. The Hall–Kier alpha value is -1.36. The number of nitrogens with zero attached hydrogens (tertiary/aromatic N) is 3. The Bertz CT molecular complexity index is 373. The molecule has 0 fully saturated rings. The predicted molar refractivity (Wildman–Crippen MR) is 68.2 cm³/mol. The van der Waals surface area contributed by atoms with E-state index in [9.17, 15) is 4.79 Å². The summed E-state index contributed by atoms with van der Waals surface area (Å²) in [4.78, 5) is 21.4. The molecule has 1 N–H and O–H groups in total. The zero-order valence-electron chi connectivity index (χ0n) is 10.3. The highest BCUT2D eigenvalue weighted by Crippen LogP contribution is 2.09. The van der Waals surface area contributed by atoms with Gasteiger partial charge in [0.25, 0.3) is 0 Å². The lowest BCUT2D eigenvalue weighted by Crippen LogP contribution is -2.35. The van der Waals surface area contributed by atoms with Gasteiger partial charge in [-0.1, -0.05) is 0 Å². The maximum Gasteiger partial charge on any atom is 0.241 e. The summed E-state index contributed by atoms with van der Waals surface area (Å²) >= 11 is 5.72. The van der Waals surface area contributed by atoms with Gasteiger partial charge in [-0.15, -0.1) is 0 Å². The molecule has 94 valence electrons. The van der Waals surface area contributed by atoms with E-state index in [2.05, 4.69) is 15.3 Å². The number of halogens is 1. The average molecular weight is 257 g/mol. The fraction of sp³-hybridized carbons (Fsp3) is 0.545. The molecular formula is C11H17ClN4O. The first-order valence-corrected chi connectivity index (χ1v) is 5.97. The van der Waals surface area contributed by atoms with Gasteiger partial charge in [-0.05, 0) is 32.4 Å². The summed E-state index contributed by atoms with van der Waals surface area (Å²) in [6, 6.07) is 1.75. The summed E-state index contributed by atoms with van der Waals surface area (Å²) in [5.74, 6) is 0.616. The first-order valence-electron chi connectivity index (χ1n) is 5.59. The number of carbonyl (C=O) groups excluding carboxylic acids is 1. The zero-order chi connectivity index (χ0) is 12.8. The minimum atomic E-state index is 0.0439. The molecule has 0 saturated carbocycles. The van der Waals surface area contributed by atoms with Crippen LogP contribution >= 0.6 is 11.6 Å². The van der Waals surface area contributed by atoms with Crippen LogP contribution in [-0.2, 0) is 4.79 Å². The minimum absolute atomic E-state index is 0.0439. The van der Waals surface area contributed by atoms with E-state index in [0.29, 0.717) is 18.9 Å². The molecule has 0 aromatic carbocycles. The first kappa shape index (κ1) is 13.7. The van der Waals surface area contributed by atoms with E-state index >= 15 is 0 Å². The monoisotopic (exact) mass is 256 g/mol. The molecule has 1 aromatic rings. The number of rotatable bonds is 5. The van der Waals surface area contributed by atoms with Crippen LogP contribution in [0.4, 0.5) is 5.82 Å². The second kappa shape index (κ2) is 6.39. The Morgan fingerprint density at radius 1 is 1.41 bits per heavy atom. The van der Waals surface area contributed by atoms with Gasteiger partial charge in [-0.3, -0.25) is 4.79 Å². The quantitative estimate of drug-likeness (QED) is 0.815. The molecular weight excluding hydrogens is 240 g/mol. The molecule has 0 saturated heterocycles. The maximum atomic E-state index is 11.7. The lowest BCUT2D eigenvalue weighted by molar-refractivity contribution is -0.128. The van der Waals surface area contributed by atoms with E-state index in [0.717, 1.165) is 5.69 Å². The van der Waals surface area contributed by atoms with Gasteiger partial charge in [0, 0.05) is 24.8 Å². The molecule has 0 aliphatic rings. The number of amides is 1. The van der Waals surface area contributed by atoms with Crippen LogP contribution in [0, 0.1) is 6.92 Å². The molecule has 5 nitrogen and oxygen atoms in total. The topological polar surface area (TPSA) is 58.1 Å². The van der Waals surface area contributed by atoms with Crippen LogP contribution in [0.15, 0.2) is 6.07 Å². The van der Waals surface area contributed by atoms with Crippen molar-refractivity contribution >= 4 is 23.3 Å². The Labute approximate surface area is 106 Å². The molecule has 1 amide bonds. The van der Waals surface area contributed by atoms with Crippen molar-refractivity contribution in [3.63, 3.8) is 0 Å². The second-order valence-corrected chi connectivity index (χ2v) is 3.92. The van der Waals surface area contributed by atoms with E-state index in [1.807, 2.05) is 20.8 Å². The van der Waals surface area contributed by atoms with Gasteiger partial charge in [-0.25, -0.2) is 9.97 Å². The van der Waals surface area contributed by atoms with Gasteiger partial charge in [-0.2, -0.15) is 0 Å². The average Bonchev–Trinajstić information content (AvgIpc) is 2.27. The summed E-state index contributed by atoms with van der Waals surface area (Å²) in [5, 5.41) is 3.13. The second-order valence-electron chi connectivity index (χ2n) is 3.58. The molecule has 1 aromatic heterocycles. The maximum absolute atomic E-state index is 11.7. The van der Waals surface area contributed by atoms with Crippen LogP contribution in [-0.4, -0.2) is 40.4 Å². The van der Waals surface area contributed by atoms with Crippen molar-refractivity contribution in [2.75, 3.05) is 25.0 Å². The third-order valence-electron chi connectivity index (χ3n) is 2.36. The van der Waals surface area contributed by atoms with Crippen LogP contribution in [0.25, 0.3) is 0 Å². The van der Waals surface area contributed by atoms with Gasteiger partial charge in [0.1, 0.15) is 5.82 Å². The number of carbonyl (C=O) groups is 1. The molecule has 1 heterocycles.